The summed E-state index contributed by atoms with van der Waals surface area (Å²) in [6, 6.07) is 21.4. The van der Waals surface area contributed by atoms with Crippen molar-refractivity contribution in [1.82, 2.24) is 4.57 Å². The molecule has 0 N–H and O–H groups in total. The predicted octanol–water partition coefficient (Wildman–Crippen LogP) is 6.81. The molecule has 0 amide bonds. The molecule has 44 heavy (non-hydrogen) atoms. The second-order valence-corrected chi connectivity index (χ2v) is 15.9. The van der Waals surface area contributed by atoms with E-state index in [1.807, 2.05) is 0 Å². The van der Waals surface area contributed by atoms with Gasteiger partial charge in [-0.3, -0.25) is 0 Å². The highest BCUT2D eigenvalue weighted by Crippen LogP contribution is 2.62. The number of benzene rings is 5. The van der Waals surface area contributed by atoms with E-state index in [0.717, 1.165) is 0 Å². The Morgan fingerprint density at radius 3 is 1.41 bits per heavy atom. The van der Waals surface area contributed by atoms with Crippen LogP contribution in [0.15, 0.2) is 54.6 Å². The summed E-state index contributed by atoms with van der Waals surface area (Å²) in [5.74, 6) is 0. The fraction of sp³-hybridized carbons (Fsp3) is 0.385. The molecule has 0 bridgehead atoms. The van der Waals surface area contributed by atoms with Crippen LogP contribution < -0.4 is 21.9 Å². The van der Waals surface area contributed by atoms with E-state index in [1.54, 1.807) is 0 Å². The van der Waals surface area contributed by atoms with Crippen molar-refractivity contribution >= 4 is 79.0 Å². The molecule has 0 spiro atoms. The first-order chi connectivity index (χ1) is 20.8. The van der Waals surface area contributed by atoms with Gasteiger partial charge in [0.15, 0.2) is 0 Å². The Kier molecular flexibility index (Phi) is 4.99. The molecule has 0 fully saturated rings. The van der Waals surface area contributed by atoms with E-state index in [9.17, 15) is 0 Å². The van der Waals surface area contributed by atoms with Gasteiger partial charge in [-0.1, -0.05) is 84.0 Å². The molecule has 0 saturated heterocycles. The van der Waals surface area contributed by atoms with Gasteiger partial charge < -0.3 is 13.9 Å². The quantitative estimate of drug-likeness (QED) is 0.170. The van der Waals surface area contributed by atoms with Crippen LogP contribution >= 0.6 is 0 Å². The van der Waals surface area contributed by atoms with Gasteiger partial charge in [0, 0.05) is 28.7 Å². The molecule has 3 nitrogen and oxygen atoms in total. The van der Waals surface area contributed by atoms with E-state index < -0.39 is 0 Å². The van der Waals surface area contributed by atoms with Crippen molar-refractivity contribution in [2.45, 2.75) is 92.3 Å². The molecular weight excluding hydrogens is 536 g/mol. The summed E-state index contributed by atoms with van der Waals surface area (Å²) in [4.78, 5) is 0. The number of hydrogen-bond acceptors (Lipinski definition) is 2. The average molecular weight is 577 g/mol. The third-order valence-electron chi connectivity index (χ3n) is 12.6. The monoisotopic (exact) mass is 577 g/mol. The van der Waals surface area contributed by atoms with Gasteiger partial charge in [0.1, 0.15) is 0 Å². The van der Waals surface area contributed by atoms with Crippen molar-refractivity contribution in [3.05, 3.63) is 65.7 Å². The Bertz CT molecular complexity index is 2090. The van der Waals surface area contributed by atoms with Gasteiger partial charge in [-0.05, 0) is 111 Å². The van der Waals surface area contributed by atoms with Crippen molar-refractivity contribution in [2.24, 2.45) is 5.41 Å². The number of hydrogen-bond donors (Lipinski definition) is 0. The SMILES string of the molecule is CC(C)OB1c2cccc3c2-n2c4c1ccc1c5cc6c(cc5c5ccc(c2c5c14)B3OC(C)C)C(C)(C)C(C)(C)C6(C)C. The molecule has 5 heteroatoms. The molecule has 3 aliphatic rings. The van der Waals surface area contributed by atoms with Crippen LogP contribution in [-0.2, 0) is 20.1 Å². The zero-order valence-electron chi connectivity index (χ0n) is 27.8. The minimum Gasteiger partial charge on any atom is -0.425 e. The maximum atomic E-state index is 6.79. The van der Waals surface area contributed by atoms with E-state index in [-0.39, 0.29) is 42.3 Å². The fourth-order valence-corrected chi connectivity index (χ4v) is 9.38. The summed E-state index contributed by atoms with van der Waals surface area (Å²) in [6.45, 7) is 23.1. The van der Waals surface area contributed by atoms with Crippen LogP contribution in [0.25, 0.3) is 49.0 Å². The van der Waals surface area contributed by atoms with Crippen LogP contribution in [0.3, 0.4) is 0 Å². The third kappa shape index (κ3) is 2.86. The maximum Gasteiger partial charge on any atom is 0.366 e. The summed E-state index contributed by atoms with van der Waals surface area (Å²) in [5, 5.41) is 8.18. The molecule has 0 saturated carbocycles. The lowest BCUT2D eigenvalue weighted by Gasteiger charge is -2.44. The lowest BCUT2D eigenvalue weighted by Crippen LogP contribution is -2.59. The van der Waals surface area contributed by atoms with E-state index in [2.05, 4.69) is 128 Å². The van der Waals surface area contributed by atoms with Gasteiger partial charge in [-0.2, -0.15) is 0 Å². The van der Waals surface area contributed by atoms with Crippen LogP contribution in [0.5, 0.6) is 0 Å². The topological polar surface area (TPSA) is 23.4 Å². The number of aromatic nitrogens is 1. The third-order valence-corrected chi connectivity index (χ3v) is 12.6. The molecule has 0 atom stereocenters. The van der Waals surface area contributed by atoms with Crippen molar-refractivity contribution in [3.8, 4) is 5.69 Å². The zero-order valence-corrected chi connectivity index (χ0v) is 27.8. The fourth-order valence-electron chi connectivity index (χ4n) is 9.38. The van der Waals surface area contributed by atoms with Crippen LogP contribution in [-0.4, -0.2) is 30.6 Å². The molecule has 9 rings (SSSR count). The Morgan fingerprint density at radius 2 is 1.00 bits per heavy atom. The highest BCUT2D eigenvalue weighted by atomic mass is 16.4. The first kappa shape index (κ1) is 27.1. The average Bonchev–Trinajstić information content (AvgIpc) is 3.37. The summed E-state index contributed by atoms with van der Waals surface area (Å²) in [5.41, 5.74) is 12.1. The van der Waals surface area contributed by atoms with Crippen LogP contribution in [0, 0.1) is 5.41 Å². The second-order valence-electron chi connectivity index (χ2n) is 15.9. The lowest BCUT2D eigenvalue weighted by molar-refractivity contribution is 0.125. The van der Waals surface area contributed by atoms with Gasteiger partial charge in [-0.25, -0.2) is 0 Å². The van der Waals surface area contributed by atoms with E-state index in [1.165, 1.54) is 82.0 Å². The Hall–Kier alpha value is -3.27. The van der Waals surface area contributed by atoms with Gasteiger partial charge in [-0.15, -0.1) is 0 Å². The molecule has 220 valence electrons. The van der Waals surface area contributed by atoms with Gasteiger partial charge in [0.05, 0.1) is 11.0 Å². The Balaban J connectivity index is 1.51. The predicted molar refractivity (Wildman–Crippen MR) is 189 cm³/mol. The molecule has 3 heterocycles. The smallest absolute Gasteiger partial charge is 0.366 e. The minimum atomic E-state index is -0.123. The molecule has 0 radical (unpaired) electrons. The number of nitrogens with zero attached hydrogens (tertiary/aromatic N) is 1. The van der Waals surface area contributed by atoms with Crippen molar-refractivity contribution in [3.63, 3.8) is 0 Å². The zero-order chi connectivity index (χ0) is 30.8. The minimum absolute atomic E-state index is 0.0467. The summed E-state index contributed by atoms with van der Waals surface area (Å²) >= 11 is 0. The number of para-hydroxylation sites is 1. The normalized spacial score (nSPS) is 18.8. The largest absolute Gasteiger partial charge is 0.425 e. The van der Waals surface area contributed by atoms with Crippen molar-refractivity contribution < 1.29 is 9.31 Å². The number of rotatable bonds is 4. The van der Waals surface area contributed by atoms with E-state index in [4.69, 9.17) is 9.31 Å². The highest BCUT2D eigenvalue weighted by Gasteiger charge is 2.57. The van der Waals surface area contributed by atoms with E-state index in [0.29, 0.717) is 0 Å². The molecule has 2 aliphatic heterocycles. The van der Waals surface area contributed by atoms with Gasteiger partial charge >= 0.3 is 13.8 Å². The van der Waals surface area contributed by atoms with Crippen LogP contribution in [0.1, 0.15) is 80.4 Å². The summed E-state index contributed by atoms with van der Waals surface area (Å²) in [7, 11) is 0. The van der Waals surface area contributed by atoms with Gasteiger partial charge in [0.25, 0.3) is 0 Å². The molecule has 1 aliphatic carbocycles. The highest BCUT2D eigenvalue weighted by molar-refractivity contribution is 6.88. The van der Waals surface area contributed by atoms with Gasteiger partial charge in [0.2, 0.25) is 0 Å². The molecular formula is C39H41B2NO2. The Labute approximate surface area is 261 Å². The number of fused-ring (bicyclic) bond motifs is 4. The van der Waals surface area contributed by atoms with E-state index >= 15 is 0 Å². The molecule has 1 aromatic heterocycles. The van der Waals surface area contributed by atoms with Crippen LogP contribution in [0.2, 0.25) is 0 Å². The van der Waals surface area contributed by atoms with Crippen LogP contribution in [0.4, 0.5) is 0 Å². The maximum absolute atomic E-state index is 6.79. The van der Waals surface area contributed by atoms with Crippen molar-refractivity contribution in [2.75, 3.05) is 0 Å². The lowest BCUT2D eigenvalue weighted by atomic mass is 9.47. The molecule has 0 unspecified atom stereocenters. The molecule has 6 aromatic rings. The first-order valence-corrected chi connectivity index (χ1v) is 16.5. The Morgan fingerprint density at radius 1 is 0.568 bits per heavy atom. The summed E-state index contributed by atoms with van der Waals surface area (Å²) < 4.78 is 16.2. The second kappa shape index (κ2) is 8.11. The molecule has 5 aromatic carbocycles. The summed E-state index contributed by atoms with van der Waals surface area (Å²) in [6.07, 6.45) is 0.202. The standard InChI is InChI=1S/C39H41B2NO2/c1-20(2)43-40-28-12-11-13-29-34(28)42-35-30(40)16-14-22-24-18-26-27(38(7,8)39(9,10)37(26,5)6)19-25(24)23-15-17-31(41(29)44-21(3)4)36(42)33(23)32(22)35/h11-21H,1-10H3. The first-order valence-electron chi connectivity index (χ1n) is 16.5. The van der Waals surface area contributed by atoms with Crippen molar-refractivity contribution in [1.29, 1.82) is 0 Å².